The molecule has 0 amide bonds. The van der Waals surface area contributed by atoms with Gasteiger partial charge in [0.15, 0.2) is 0 Å². The van der Waals surface area contributed by atoms with Crippen molar-refractivity contribution in [1.29, 1.82) is 0 Å². The van der Waals surface area contributed by atoms with Crippen LogP contribution in [0.4, 0.5) is 34.1 Å². The highest BCUT2D eigenvalue weighted by atomic mass is 32.1. The third kappa shape index (κ3) is 21.8. The Morgan fingerprint density at radius 1 is 0.388 bits per heavy atom. The average molecular weight is 1160 g/mol. The van der Waals surface area contributed by atoms with E-state index in [1.54, 1.807) is 0 Å². The van der Waals surface area contributed by atoms with Crippen molar-refractivity contribution < 1.29 is 19.1 Å². The van der Waals surface area contributed by atoms with E-state index in [9.17, 15) is 9.59 Å². The summed E-state index contributed by atoms with van der Waals surface area (Å²) in [6.45, 7) is 14.4. The lowest BCUT2D eigenvalue weighted by molar-refractivity contribution is -0.143. The van der Waals surface area contributed by atoms with Crippen molar-refractivity contribution in [2.45, 2.75) is 200 Å². The molecule has 0 N–H and O–H groups in total. The monoisotopic (exact) mass is 1160 g/mol. The second-order valence-electron chi connectivity index (χ2n) is 23.1. The number of anilines is 6. The molecule has 450 valence electrons. The average Bonchev–Trinajstić information content (AvgIpc) is 4.27. The standard InChI is InChI=1S/C78H98N2O4S/c1-6-11-14-17-22-26-31-62-35-47-68(48-36-62)79(69-49-37-64(38-50-69)33-28-24-19-20-25-30-61-83-77(81)9-4)72-55-43-66(44-56-72)75-59-60-76(85-75)67-45-57-73(58-46-67)80(70-51-39-63(40-52-70)32-27-23-18-15-12-7-2)71-53-41-65(42-54-71)74(84-78(82)10-5)34-29-21-16-13-8-3/h9-10,35-60,74H,4-8,11-34,61H2,1-3H3. The molecule has 0 saturated heterocycles. The highest BCUT2D eigenvalue weighted by Gasteiger charge is 2.20. The molecule has 1 heterocycles. The zero-order valence-corrected chi connectivity index (χ0v) is 52.7. The van der Waals surface area contributed by atoms with Crippen LogP contribution in [-0.4, -0.2) is 18.5 Å². The topological polar surface area (TPSA) is 59.1 Å². The Hall–Kier alpha value is -6.96. The molecular formula is C78H98N2O4S. The van der Waals surface area contributed by atoms with E-state index >= 15 is 0 Å². The van der Waals surface area contributed by atoms with Gasteiger partial charge in [0.1, 0.15) is 6.10 Å². The van der Waals surface area contributed by atoms with E-state index in [1.807, 2.05) is 11.3 Å². The fraction of sp³-hybridized carbons (Fsp3) is 0.410. The van der Waals surface area contributed by atoms with Crippen molar-refractivity contribution in [3.63, 3.8) is 0 Å². The molecular weight excluding hydrogens is 1060 g/mol. The van der Waals surface area contributed by atoms with Crippen LogP contribution in [0.25, 0.3) is 20.9 Å². The van der Waals surface area contributed by atoms with Crippen molar-refractivity contribution in [2.24, 2.45) is 0 Å². The molecule has 0 fully saturated rings. The Bertz CT molecular complexity index is 3000. The van der Waals surface area contributed by atoms with Crippen LogP contribution < -0.4 is 9.80 Å². The Kier molecular flexibility index (Phi) is 28.9. The zero-order valence-electron chi connectivity index (χ0n) is 51.9. The summed E-state index contributed by atoms with van der Waals surface area (Å²) in [6, 6.07) is 58.8. The van der Waals surface area contributed by atoms with E-state index in [4.69, 9.17) is 9.47 Å². The van der Waals surface area contributed by atoms with Gasteiger partial charge in [0, 0.05) is 56.0 Å². The number of carbonyl (C=O) groups excluding carboxylic acids is 2. The Labute approximate surface area is 516 Å². The van der Waals surface area contributed by atoms with Crippen molar-refractivity contribution >= 4 is 57.4 Å². The number of hydrogen-bond acceptors (Lipinski definition) is 7. The largest absolute Gasteiger partial charge is 0.463 e. The van der Waals surface area contributed by atoms with E-state index in [1.165, 1.54) is 159 Å². The lowest BCUT2D eigenvalue weighted by Gasteiger charge is -2.26. The van der Waals surface area contributed by atoms with E-state index < -0.39 is 0 Å². The Morgan fingerprint density at radius 2 is 0.706 bits per heavy atom. The van der Waals surface area contributed by atoms with E-state index in [0.717, 1.165) is 104 Å². The maximum atomic E-state index is 12.5. The number of esters is 2. The van der Waals surface area contributed by atoms with Crippen LogP contribution >= 0.6 is 11.3 Å². The van der Waals surface area contributed by atoms with Crippen LogP contribution in [0.5, 0.6) is 0 Å². The van der Waals surface area contributed by atoms with Gasteiger partial charge in [-0.15, -0.1) is 11.3 Å². The van der Waals surface area contributed by atoms with Gasteiger partial charge in [-0.2, -0.15) is 0 Å². The number of unbranched alkanes of at least 4 members (excludes halogenated alkanes) is 19. The summed E-state index contributed by atoms with van der Waals surface area (Å²) >= 11 is 1.83. The Balaban J connectivity index is 1.06. The number of benzene rings is 6. The molecule has 0 spiro atoms. The van der Waals surface area contributed by atoms with E-state index in [2.05, 4.69) is 201 Å². The molecule has 7 aromatic rings. The lowest BCUT2D eigenvalue weighted by atomic mass is 10.0. The predicted molar refractivity (Wildman–Crippen MR) is 364 cm³/mol. The molecule has 6 nitrogen and oxygen atoms in total. The number of aryl methyl sites for hydroxylation is 3. The first-order chi connectivity index (χ1) is 41.8. The lowest BCUT2D eigenvalue weighted by Crippen LogP contribution is -2.12. The van der Waals surface area contributed by atoms with Gasteiger partial charge >= 0.3 is 11.9 Å². The van der Waals surface area contributed by atoms with E-state index in [0.29, 0.717) is 6.61 Å². The summed E-state index contributed by atoms with van der Waals surface area (Å²) < 4.78 is 11.1. The van der Waals surface area contributed by atoms with Gasteiger partial charge in [-0.3, -0.25) is 0 Å². The normalized spacial score (nSPS) is 11.5. The third-order valence-electron chi connectivity index (χ3n) is 16.4. The zero-order chi connectivity index (χ0) is 59.7. The molecule has 0 radical (unpaired) electrons. The molecule has 0 saturated carbocycles. The van der Waals surface area contributed by atoms with E-state index in [-0.39, 0.29) is 18.0 Å². The van der Waals surface area contributed by atoms with Gasteiger partial charge in [-0.25, -0.2) is 9.59 Å². The second-order valence-corrected chi connectivity index (χ2v) is 24.2. The molecule has 6 aromatic carbocycles. The molecule has 0 bridgehead atoms. The minimum absolute atomic E-state index is 0.317. The molecule has 85 heavy (non-hydrogen) atoms. The van der Waals surface area contributed by atoms with Gasteiger partial charge in [-0.1, -0.05) is 222 Å². The SMILES string of the molecule is C=CC(=O)OCCCCCCCCc1ccc(N(c2ccc(CCCCCCCC)cc2)c2ccc(-c3ccc(-c4ccc(N(c5ccc(CCCCCCCC)cc5)c5ccc(C(CCCCCCC)OC(=O)C=C)cc5)cc4)s3)cc2)cc1. The third-order valence-corrected chi connectivity index (χ3v) is 17.6. The highest BCUT2D eigenvalue weighted by Crippen LogP contribution is 2.41. The number of thiophene rings is 1. The van der Waals surface area contributed by atoms with Crippen LogP contribution in [0.1, 0.15) is 203 Å². The van der Waals surface area contributed by atoms with Crippen molar-refractivity contribution in [3.8, 4) is 20.9 Å². The summed E-state index contributed by atoms with van der Waals surface area (Å²) in [6.07, 6.45) is 34.2. The van der Waals surface area contributed by atoms with Gasteiger partial charge < -0.3 is 19.3 Å². The minimum Gasteiger partial charge on any atom is -0.463 e. The molecule has 7 heteroatoms. The number of ether oxygens (including phenoxy) is 2. The number of rotatable bonds is 41. The fourth-order valence-corrected chi connectivity index (χ4v) is 12.4. The predicted octanol–water partition coefficient (Wildman–Crippen LogP) is 23.6. The van der Waals surface area contributed by atoms with Crippen molar-refractivity contribution in [1.82, 2.24) is 0 Å². The smallest absolute Gasteiger partial charge is 0.330 e. The van der Waals surface area contributed by atoms with Gasteiger partial charge in [0.2, 0.25) is 0 Å². The minimum atomic E-state index is -0.383. The number of carbonyl (C=O) groups is 2. The first-order valence-corrected chi connectivity index (χ1v) is 33.5. The first kappa shape index (κ1) is 65.6. The Morgan fingerprint density at radius 3 is 1.07 bits per heavy atom. The maximum Gasteiger partial charge on any atom is 0.330 e. The summed E-state index contributed by atoms with van der Waals surface area (Å²) in [7, 11) is 0. The van der Waals surface area contributed by atoms with Gasteiger partial charge in [0.05, 0.1) is 6.61 Å². The summed E-state index contributed by atoms with van der Waals surface area (Å²) in [5.41, 5.74) is 14.2. The van der Waals surface area contributed by atoms with Gasteiger partial charge in [-0.05, 0) is 176 Å². The van der Waals surface area contributed by atoms with Crippen LogP contribution in [0.2, 0.25) is 0 Å². The molecule has 0 aliphatic rings. The van der Waals surface area contributed by atoms with Gasteiger partial charge in [0.25, 0.3) is 0 Å². The quantitative estimate of drug-likeness (QED) is 0.0216. The summed E-state index contributed by atoms with van der Waals surface area (Å²) in [4.78, 5) is 31.0. The second kappa shape index (κ2) is 37.5. The molecule has 1 unspecified atom stereocenters. The fourth-order valence-electron chi connectivity index (χ4n) is 11.4. The van der Waals surface area contributed by atoms with Crippen molar-refractivity contribution in [3.05, 3.63) is 205 Å². The molecule has 0 aliphatic heterocycles. The molecule has 0 aliphatic carbocycles. The molecule has 1 atom stereocenters. The van der Waals surface area contributed by atoms with Crippen LogP contribution in [0.15, 0.2) is 183 Å². The van der Waals surface area contributed by atoms with Crippen LogP contribution in [0, 0.1) is 0 Å². The van der Waals surface area contributed by atoms with Crippen LogP contribution in [-0.2, 0) is 38.3 Å². The number of nitrogens with zero attached hydrogens (tertiary/aromatic N) is 2. The van der Waals surface area contributed by atoms with Crippen molar-refractivity contribution in [2.75, 3.05) is 16.4 Å². The van der Waals surface area contributed by atoms with Crippen LogP contribution in [0.3, 0.4) is 0 Å². The first-order valence-electron chi connectivity index (χ1n) is 32.7. The number of hydrogen-bond donors (Lipinski definition) is 0. The summed E-state index contributed by atoms with van der Waals surface area (Å²) in [5.74, 6) is -0.720. The molecule has 7 rings (SSSR count). The molecule has 1 aromatic heterocycles. The summed E-state index contributed by atoms with van der Waals surface area (Å²) in [5, 5.41) is 0. The maximum absolute atomic E-state index is 12.5. The highest BCUT2D eigenvalue weighted by molar-refractivity contribution is 7.18.